The Bertz CT molecular complexity index is 368. The first kappa shape index (κ1) is 11.9. The van der Waals surface area contributed by atoms with Crippen LogP contribution in [0.4, 0.5) is 4.39 Å². The number of carboxylic acids is 1. The number of methoxy groups -OCH3 is 1. The smallest absolute Gasteiger partial charge is 0.306 e. The Hall–Kier alpha value is -1.13. The summed E-state index contributed by atoms with van der Waals surface area (Å²) in [6, 6.07) is 4.10. The highest BCUT2D eigenvalue weighted by Gasteiger charge is 2.15. The van der Waals surface area contributed by atoms with Crippen molar-refractivity contribution in [2.45, 2.75) is 12.5 Å². The Kier molecular flexibility index (Phi) is 4.05. The van der Waals surface area contributed by atoms with E-state index in [9.17, 15) is 9.18 Å². The van der Waals surface area contributed by atoms with Crippen LogP contribution in [0.2, 0.25) is 5.02 Å². The van der Waals surface area contributed by atoms with Crippen molar-refractivity contribution in [1.29, 1.82) is 0 Å². The molecule has 1 aromatic rings. The molecule has 0 saturated heterocycles. The van der Waals surface area contributed by atoms with E-state index in [1.54, 1.807) is 6.07 Å². The van der Waals surface area contributed by atoms with Gasteiger partial charge in [0.2, 0.25) is 0 Å². The molecular weight excluding hydrogens is 223 g/mol. The van der Waals surface area contributed by atoms with E-state index in [-0.39, 0.29) is 11.4 Å². The summed E-state index contributed by atoms with van der Waals surface area (Å²) in [5, 5.41) is 8.60. The average Bonchev–Trinajstić information content (AvgIpc) is 2.18. The lowest BCUT2D eigenvalue weighted by molar-refractivity contribution is -0.139. The zero-order valence-electron chi connectivity index (χ0n) is 8.04. The lowest BCUT2D eigenvalue weighted by Crippen LogP contribution is -2.08. The molecule has 1 N–H and O–H groups in total. The maximum atomic E-state index is 13.1. The van der Waals surface area contributed by atoms with Gasteiger partial charge in [-0.15, -0.1) is 0 Å². The summed E-state index contributed by atoms with van der Waals surface area (Å²) < 4.78 is 18.0. The fourth-order valence-corrected chi connectivity index (χ4v) is 1.33. The van der Waals surface area contributed by atoms with Crippen LogP contribution in [0.5, 0.6) is 0 Å². The van der Waals surface area contributed by atoms with Crippen LogP contribution in [0.25, 0.3) is 0 Å². The molecule has 1 unspecified atom stereocenters. The molecule has 0 aromatic heterocycles. The van der Waals surface area contributed by atoms with Crippen LogP contribution in [0, 0.1) is 5.82 Å². The quantitative estimate of drug-likeness (QED) is 0.868. The van der Waals surface area contributed by atoms with Crippen LogP contribution < -0.4 is 0 Å². The molecule has 0 spiro atoms. The largest absolute Gasteiger partial charge is 0.481 e. The number of ether oxygens (including phenoxy) is 1. The molecule has 5 heteroatoms. The van der Waals surface area contributed by atoms with Gasteiger partial charge in [0.25, 0.3) is 0 Å². The topological polar surface area (TPSA) is 46.5 Å². The Morgan fingerprint density at radius 1 is 1.67 bits per heavy atom. The number of hydrogen-bond donors (Lipinski definition) is 1. The number of benzene rings is 1. The Morgan fingerprint density at radius 3 is 2.80 bits per heavy atom. The van der Waals surface area contributed by atoms with Crippen molar-refractivity contribution in [3.8, 4) is 0 Å². The zero-order chi connectivity index (χ0) is 11.4. The number of aliphatic carboxylic acids is 1. The standard InChI is InChI=1S/C10H10ClFO3/c1-15-9(5-10(13)14)6-2-3-7(11)8(12)4-6/h2-4,9H,5H2,1H3,(H,13,14). The van der Waals surface area contributed by atoms with Crippen molar-refractivity contribution in [3.63, 3.8) is 0 Å². The second-order valence-electron chi connectivity index (χ2n) is 3.00. The molecule has 0 aliphatic rings. The number of carbonyl (C=O) groups is 1. The van der Waals surface area contributed by atoms with E-state index in [4.69, 9.17) is 21.4 Å². The van der Waals surface area contributed by atoms with Gasteiger partial charge >= 0.3 is 5.97 Å². The zero-order valence-corrected chi connectivity index (χ0v) is 8.79. The molecule has 0 aliphatic carbocycles. The Morgan fingerprint density at radius 2 is 2.33 bits per heavy atom. The van der Waals surface area contributed by atoms with Gasteiger partial charge in [0.05, 0.1) is 17.5 Å². The predicted octanol–water partition coefficient (Wildman–Crippen LogP) is 2.64. The van der Waals surface area contributed by atoms with Crippen molar-refractivity contribution in [3.05, 3.63) is 34.6 Å². The number of rotatable bonds is 4. The summed E-state index contributed by atoms with van der Waals surface area (Å²) in [7, 11) is 1.38. The van der Waals surface area contributed by atoms with E-state index in [2.05, 4.69) is 0 Å². The van der Waals surface area contributed by atoms with Gasteiger partial charge in [0, 0.05) is 7.11 Å². The fourth-order valence-electron chi connectivity index (χ4n) is 1.21. The van der Waals surface area contributed by atoms with Gasteiger partial charge in [-0.2, -0.15) is 0 Å². The van der Waals surface area contributed by atoms with Gasteiger partial charge in [-0.05, 0) is 17.7 Å². The van der Waals surface area contributed by atoms with Crippen molar-refractivity contribution >= 4 is 17.6 Å². The first-order chi connectivity index (χ1) is 7.04. The Balaban J connectivity index is 2.92. The second kappa shape index (κ2) is 5.09. The normalized spacial score (nSPS) is 12.5. The van der Waals surface area contributed by atoms with Crippen LogP contribution in [0.3, 0.4) is 0 Å². The van der Waals surface area contributed by atoms with Crippen molar-refractivity contribution in [1.82, 2.24) is 0 Å². The van der Waals surface area contributed by atoms with Gasteiger partial charge in [0.15, 0.2) is 0 Å². The van der Waals surface area contributed by atoms with E-state index in [0.29, 0.717) is 5.56 Å². The summed E-state index contributed by atoms with van der Waals surface area (Å²) in [6.07, 6.45) is -0.869. The van der Waals surface area contributed by atoms with Gasteiger partial charge in [0.1, 0.15) is 5.82 Å². The third-order valence-electron chi connectivity index (χ3n) is 1.96. The summed E-state index contributed by atoms with van der Waals surface area (Å²) >= 11 is 5.50. The van der Waals surface area contributed by atoms with E-state index in [1.807, 2.05) is 0 Å². The minimum Gasteiger partial charge on any atom is -0.481 e. The van der Waals surface area contributed by atoms with Gasteiger partial charge in [-0.1, -0.05) is 17.7 Å². The summed E-state index contributed by atoms with van der Waals surface area (Å²) in [6.45, 7) is 0. The van der Waals surface area contributed by atoms with Crippen LogP contribution >= 0.6 is 11.6 Å². The monoisotopic (exact) mass is 232 g/mol. The van der Waals surface area contributed by atoms with Crippen LogP contribution in [-0.2, 0) is 9.53 Å². The second-order valence-corrected chi connectivity index (χ2v) is 3.40. The van der Waals surface area contributed by atoms with Gasteiger partial charge < -0.3 is 9.84 Å². The first-order valence-electron chi connectivity index (χ1n) is 4.24. The molecule has 3 nitrogen and oxygen atoms in total. The molecule has 0 saturated carbocycles. The molecule has 0 radical (unpaired) electrons. The number of carboxylic acid groups (broad SMARTS) is 1. The van der Waals surface area contributed by atoms with E-state index in [0.717, 1.165) is 0 Å². The third-order valence-corrected chi connectivity index (χ3v) is 2.27. The van der Waals surface area contributed by atoms with Crippen molar-refractivity contribution in [2.24, 2.45) is 0 Å². The van der Waals surface area contributed by atoms with E-state index >= 15 is 0 Å². The molecular formula is C10H10ClFO3. The third kappa shape index (κ3) is 3.18. The Labute approximate surface area is 91.4 Å². The maximum absolute atomic E-state index is 13.1. The van der Waals surface area contributed by atoms with Gasteiger partial charge in [-0.3, -0.25) is 4.79 Å². The maximum Gasteiger partial charge on any atom is 0.306 e. The minimum absolute atomic E-state index is 0.00364. The molecule has 0 heterocycles. The van der Waals surface area contributed by atoms with Crippen molar-refractivity contribution in [2.75, 3.05) is 7.11 Å². The summed E-state index contributed by atoms with van der Waals surface area (Å²) in [5.41, 5.74) is 0.460. The lowest BCUT2D eigenvalue weighted by Gasteiger charge is -2.13. The first-order valence-corrected chi connectivity index (χ1v) is 4.62. The fraction of sp³-hybridized carbons (Fsp3) is 0.300. The average molecular weight is 233 g/mol. The van der Waals surface area contributed by atoms with Crippen molar-refractivity contribution < 1.29 is 19.0 Å². The van der Waals surface area contributed by atoms with E-state index in [1.165, 1.54) is 19.2 Å². The lowest BCUT2D eigenvalue weighted by atomic mass is 10.1. The molecule has 1 aromatic carbocycles. The number of halogens is 2. The highest BCUT2D eigenvalue weighted by atomic mass is 35.5. The van der Waals surface area contributed by atoms with E-state index < -0.39 is 17.9 Å². The highest BCUT2D eigenvalue weighted by Crippen LogP contribution is 2.24. The van der Waals surface area contributed by atoms with Crippen LogP contribution in [0.1, 0.15) is 18.1 Å². The summed E-state index contributed by atoms with van der Waals surface area (Å²) in [5.74, 6) is -1.58. The summed E-state index contributed by atoms with van der Waals surface area (Å²) in [4.78, 5) is 10.5. The molecule has 15 heavy (non-hydrogen) atoms. The molecule has 1 atom stereocenters. The SMILES string of the molecule is COC(CC(=O)O)c1ccc(Cl)c(F)c1. The van der Waals surface area contributed by atoms with Crippen LogP contribution in [-0.4, -0.2) is 18.2 Å². The van der Waals surface area contributed by atoms with Crippen LogP contribution in [0.15, 0.2) is 18.2 Å². The minimum atomic E-state index is -1.00. The molecule has 0 bridgehead atoms. The molecule has 0 aliphatic heterocycles. The van der Waals surface area contributed by atoms with Gasteiger partial charge in [-0.25, -0.2) is 4.39 Å². The molecule has 0 amide bonds. The number of hydrogen-bond acceptors (Lipinski definition) is 2. The predicted molar refractivity (Wildman–Crippen MR) is 53.4 cm³/mol. The molecule has 82 valence electrons. The molecule has 1 rings (SSSR count). The molecule has 0 fully saturated rings. The highest BCUT2D eigenvalue weighted by molar-refractivity contribution is 6.30.